The molecule has 1 aromatic rings. The molecule has 1 saturated carbocycles. The van der Waals surface area contributed by atoms with Crippen LogP contribution in [0.3, 0.4) is 0 Å². The predicted molar refractivity (Wildman–Crippen MR) is 70.1 cm³/mol. The molecule has 0 bridgehead atoms. The van der Waals surface area contributed by atoms with Crippen molar-refractivity contribution < 1.29 is 9.90 Å². The number of nitrogens with two attached hydrogens (primary N) is 1. The van der Waals surface area contributed by atoms with Gasteiger partial charge in [-0.25, -0.2) is 15.8 Å². The second-order valence-corrected chi connectivity index (χ2v) is 4.82. The molecule has 1 amide bonds. The summed E-state index contributed by atoms with van der Waals surface area (Å²) in [5.41, 5.74) is 2.62. The number of hydrogen-bond acceptors (Lipinski definition) is 6. The van der Waals surface area contributed by atoms with E-state index in [0.717, 1.165) is 25.7 Å². The van der Waals surface area contributed by atoms with Gasteiger partial charge >= 0.3 is 0 Å². The normalized spacial score (nSPS) is 22.8. The predicted octanol–water partition coefficient (Wildman–Crippen LogP) is 0.0431. The summed E-state index contributed by atoms with van der Waals surface area (Å²) in [6, 6.07) is 0.104. The fourth-order valence-electron chi connectivity index (χ4n) is 2.37. The zero-order chi connectivity index (χ0) is 13.7. The average molecular weight is 265 g/mol. The summed E-state index contributed by atoms with van der Waals surface area (Å²) in [7, 11) is 0. The van der Waals surface area contributed by atoms with Gasteiger partial charge in [0.1, 0.15) is 5.69 Å². The molecule has 1 aliphatic rings. The lowest BCUT2D eigenvalue weighted by molar-refractivity contribution is 0.0900. The summed E-state index contributed by atoms with van der Waals surface area (Å²) in [5.74, 6) is 5.64. The van der Waals surface area contributed by atoms with Crippen molar-refractivity contribution in [1.82, 2.24) is 15.3 Å². The van der Waals surface area contributed by atoms with Crippen LogP contribution in [0.4, 0.5) is 5.82 Å². The molecule has 2 rings (SSSR count). The first-order valence-electron chi connectivity index (χ1n) is 6.43. The van der Waals surface area contributed by atoms with Gasteiger partial charge in [0.25, 0.3) is 5.91 Å². The van der Waals surface area contributed by atoms with Gasteiger partial charge in [0.05, 0.1) is 12.4 Å². The maximum absolute atomic E-state index is 12.0. The van der Waals surface area contributed by atoms with Crippen LogP contribution >= 0.6 is 0 Å². The topological polar surface area (TPSA) is 113 Å². The Morgan fingerprint density at radius 2 is 2.26 bits per heavy atom. The average Bonchev–Trinajstić information content (AvgIpc) is 2.47. The molecule has 0 radical (unpaired) electrons. The second kappa shape index (κ2) is 6.44. The van der Waals surface area contributed by atoms with Gasteiger partial charge in [-0.3, -0.25) is 4.79 Å². The third kappa shape index (κ3) is 3.62. The minimum Gasteiger partial charge on any atom is -0.396 e. The summed E-state index contributed by atoms with van der Waals surface area (Å²) >= 11 is 0. The molecular weight excluding hydrogens is 246 g/mol. The number of nitrogens with zero attached hydrogens (tertiary/aromatic N) is 2. The number of carbonyl (C=O) groups excluding carboxylic acids is 1. The highest BCUT2D eigenvalue weighted by Gasteiger charge is 2.23. The van der Waals surface area contributed by atoms with E-state index in [4.69, 9.17) is 10.9 Å². The highest BCUT2D eigenvalue weighted by atomic mass is 16.3. The molecule has 1 aromatic heterocycles. The van der Waals surface area contributed by atoms with Crippen LogP contribution in [0, 0.1) is 5.92 Å². The molecule has 2 atom stereocenters. The first-order chi connectivity index (χ1) is 9.22. The summed E-state index contributed by atoms with van der Waals surface area (Å²) in [5, 5.41) is 12.1. The number of aromatic nitrogens is 2. The minimum absolute atomic E-state index is 0.104. The van der Waals surface area contributed by atoms with Crippen molar-refractivity contribution in [3.8, 4) is 0 Å². The number of aliphatic hydroxyl groups excluding tert-OH is 1. The van der Waals surface area contributed by atoms with Crippen molar-refractivity contribution in [3.05, 3.63) is 18.1 Å². The van der Waals surface area contributed by atoms with E-state index in [2.05, 4.69) is 20.7 Å². The number of rotatable bonds is 4. The van der Waals surface area contributed by atoms with Crippen LogP contribution in [0.5, 0.6) is 0 Å². The highest BCUT2D eigenvalue weighted by molar-refractivity contribution is 5.92. The third-order valence-corrected chi connectivity index (χ3v) is 3.41. The van der Waals surface area contributed by atoms with E-state index in [1.165, 1.54) is 12.4 Å². The number of amides is 1. The first kappa shape index (κ1) is 13.7. The standard InChI is InChI=1S/C12H19N5O2/c13-17-11-6-14-10(5-15-11)12(19)16-9-3-1-2-8(4-9)7-18/h5-6,8-9,18H,1-4,7,13H2,(H,15,17)(H,16,19). The van der Waals surface area contributed by atoms with Gasteiger partial charge in [-0.05, 0) is 25.2 Å². The maximum Gasteiger partial charge on any atom is 0.271 e. The lowest BCUT2D eigenvalue weighted by Gasteiger charge is -2.28. The van der Waals surface area contributed by atoms with Crippen molar-refractivity contribution in [3.63, 3.8) is 0 Å². The summed E-state index contributed by atoms with van der Waals surface area (Å²) in [6.07, 6.45) is 6.61. The Morgan fingerprint density at radius 1 is 1.42 bits per heavy atom. The van der Waals surface area contributed by atoms with Gasteiger partial charge in [0, 0.05) is 12.6 Å². The molecule has 0 aromatic carbocycles. The fraction of sp³-hybridized carbons (Fsp3) is 0.583. The zero-order valence-electron chi connectivity index (χ0n) is 10.7. The number of anilines is 1. The van der Waals surface area contributed by atoms with E-state index in [0.29, 0.717) is 5.82 Å². The van der Waals surface area contributed by atoms with Crippen molar-refractivity contribution in [1.29, 1.82) is 0 Å². The van der Waals surface area contributed by atoms with Crippen molar-refractivity contribution in [2.75, 3.05) is 12.0 Å². The van der Waals surface area contributed by atoms with Crippen LogP contribution in [-0.2, 0) is 0 Å². The largest absolute Gasteiger partial charge is 0.396 e. The van der Waals surface area contributed by atoms with Gasteiger partial charge in [-0.15, -0.1) is 0 Å². The van der Waals surface area contributed by atoms with Crippen molar-refractivity contribution in [2.24, 2.45) is 11.8 Å². The smallest absolute Gasteiger partial charge is 0.271 e. The fourth-order valence-corrected chi connectivity index (χ4v) is 2.37. The Morgan fingerprint density at radius 3 is 2.89 bits per heavy atom. The summed E-state index contributed by atoms with van der Waals surface area (Å²) < 4.78 is 0. The van der Waals surface area contributed by atoms with E-state index in [1.807, 2.05) is 0 Å². The van der Waals surface area contributed by atoms with E-state index < -0.39 is 0 Å². The number of aliphatic hydroxyl groups is 1. The van der Waals surface area contributed by atoms with E-state index in [1.54, 1.807) is 0 Å². The lowest BCUT2D eigenvalue weighted by atomic mass is 9.86. The molecular formula is C12H19N5O2. The summed E-state index contributed by atoms with van der Waals surface area (Å²) in [6.45, 7) is 0.184. The molecule has 0 saturated heterocycles. The SMILES string of the molecule is NNc1cnc(C(=O)NC2CCCC(CO)C2)cn1. The molecule has 19 heavy (non-hydrogen) atoms. The lowest BCUT2D eigenvalue weighted by Crippen LogP contribution is -2.39. The zero-order valence-corrected chi connectivity index (χ0v) is 10.7. The van der Waals surface area contributed by atoms with Crippen LogP contribution in [-0.4, -0.2) is 33.6 Å². The van der Waals surface area contributed by atoms with Crippen LogP contribution in [0.25, 0.3) is 0 Å². The molecule has 104 valence electrons. The Hall–Kier alpha value is -1.73. The monoisotopic (exact) mass is 265 g/mol. The van der Waals surface area contributed by atoms with Crippen LogP contribution < -0.4 is 16.6 Å². The van der Waals surface area contributed by atoms with E-state index in [9.17, 15) is 4.79 Å². The van der Waals surface area contributed by atoms with Gasteiger partial charge in [-0.2, -0.15) is 0 Å². The van der Waals surface area contributed by atoms with Crippen LogP contribution in [0.2, 0.25) is 0 Å². The van der Waals surface area contributed by atoms with Crippen LogP contribution in [0.1, 0.15) is 36.2 Å². The molecule has 7 heteroatoms. The van der Waals surface area contributed by atoms with E-state index >= 15 is 0 Å². The molecule has 1 aliphatic carbocycles. The molecule has 1 fully saturated rings. The molecule has 0 aliphatic heterocycles. The molecule has 5 N–H and O–H groups in total. The maximum atomic E-state index is 12.0. The number of nitrogen functional groups attached to an aromatic ring is 1. The molecule has 2 unspecified atom stereocenters. The molecule has 0 spiro atoms. The number of hydrogen-bond donors (Lipinski definition) is 4. The number of hydrazine groups is 1. The van der Waals surface area contributed by atoms with Crippen molar-refractivity contribution in [2.45, 2.75) is 31.7 Å². The first-order valence-corrected chi connectivity index (χ1v) is 6.43. The Kier molecular flexibility index (Phi) is 4.64. The van der Waals surface area contributed by atoms with Gasteiger partial charge < -0.3 is 15.8 Å². The Balaban J connectivity index is 1.92. The van der Waals surface area contributed by atoms with E-state index in [-0.39, 0.29) is 30.2 Å². The second-order valence-electron chi connectivity index (χ2n) is 4.82. The Bertz CT molecular complexity index is 423. The van der Waals surface area contributed by atoms with Crippen molar-refractivity contribution >= 4 is 11.7 Å². The summed E-state index contributed by atoms with van der Waals surface area (Å²) in [4.78, 5) is 19.9. The number of nitrogens with one attached hydrogen (secondary N) is 2. The Labute approximate surface area is 111 Å². The van der Waals surface area contributed by atoms with Gasteiger partial charge in [0.15, 0.2) is 5.82 Å². The van der Waals surface area contributed by atoms with Gasteiger partial charge in [-0.1, -0.05) is 6.42 Å². The quantitative estimate of drug-likeness (QED) is 0.451. The van der Waals surface area contributed by atoms with Crippen LogP contribution in [0.15, 0.2) is 12.4 Å². The minimum atomic E-state index is -0.236. The number of carbonyl (C=O) groups is 1. The molecule has 1 heterocycles. The third-order valence-electron chi connectivity index (χ3n) is 3.41. The molecule has 7 nitrogen and oxygen atoms in total. The highest BCUT2D eigenvalue weighted by Crippen LogP contribution is 2.23. The van der Waals surface area contributed by atoms with Gasteiger partial charge in [0.2, 0.25) is 0 Å².